The maximum Gasteiger partial charge on any atom is 0.229 e. The van der Waals surface area contributed by atoms with Gasteiger partial charge in [0.15, 0.2) is 5.82 Å². The van der Waals surface area contributed by atoms with Gasteiger partial charge in [0.25, 0.3) is 0 Å². The van der Waals surface area contributed by atoms with E-state index >= 15 is 0 Å². The zero-order valence-corrected chi connectivity index (χ0v) is 12.3. The molecule has 0 fully saturated rings. The topological polar surface area (TPSA) is 67.7 Å². The Kier molecular flexibility index (Phi) is 3.88. The minimum Gasteiger partial charge on any atom is -0.386 e. The molecule has 3 rings (SSSR count). The number of benzene rings is 1. The van der Waals surface area contributed by atoms with Gasteiger partial charge in [0.1, 0.15) is 5.82 Å². The lowest BCUT2D eigenvalue weighted by Gasteiger charge is -2.08. The Morgan fingerprint density at radius 1 is 1.27 bits per heavy atom. The summed E-state index contributed by atoms with van der Waals surface area (Å²) in [5, 5.41) is 10.4. The van der Waals surface area contributed by atoms with Crippen LogP contribution < -0.4 is 10.6 Å². The van der Waals surface area contributed by atoms with Crippen molar-refractivity contribution in [2.24, 2.45) is 0 Å². The summed E-state index contributed by atoms with van der Waals surface area (Å²) < 4.78 is 14.7. The van der Waals surface area contributed by atoms with Crippen molar-refractivity contribution in [2.45, 2.75) is 0 Å². The smallest absolute Gasteiger partial charge is 0.229 e. The van der Waals surface area contributed by atoms with Crippen LogP contribution in [0.5, 0.6) is 0 Å². The highest BCUT2D eigenvalue weighted by Crippen LogP contribution is 2.24. The minimum atomic E-state index is -0.402. The number of nitrogens with one attached hydrogen (secondary N) is 2. The molecule has 0 aliphatic rings. The molecular formula is C14H12ClFN6. The fourth-order valence-electron chi connectivity index (χ4n) is 1.83. The molecule has 8 heteroatoms. The number of nitrogens with zero attached hydrogens (tertiary/aromatic N) is 4. The molecule has 0 aliphatic carbocycles. The first-order valence-electron chi connectivity index (χ1n) is 6.43. The highest BCUT2D eigenvalue weighted by Gasteiger charge is 2.06. The zero-order valence-electron chi connectivity index (χ0n) is 11.6. The Morgan fingerprint density at radius 2 is 2.14 bits per heavy atom. The van der Waals surface area contributed by atoms with Gasteiger partial charge in [-0.25, -0.2) is 14.1 Å². The number of hydrogen-bond acceptors (Lipinski definition) is 5. The van der Waals surface area contributed by atoms with Gasteiger partial charge in [0.05, 0.1) is 28.8 Å². The SMILES string of the molecule is CNc1cnn(-c2ccnc(Nc3ccc(F)cc3Cl)n2)c1. The fraction of sp³-hybridized carbons (Fsp3) is 0.0714. The molecule has 2 aromatic heterocycles. The maximum absolute atomic E-state index is 13.0. The summed E-state index contributed by atoms with van der Waals surface area (Å²) in [7, 11) is 1.81. The zero-order chi connectivity index (χ0) is 15.5. The van der Waals surface area contributed by atoms with Crippen LogP contribution in [0.15, 0.2) is 42.9 Å². The van der Waals surface area contributed by atoms with Crippen LogP contribution in [-0.4, -0.2) is 26.8 Å². The first-order valence-corrected chi connectivity index (χ1v) is 6.81. The predicted octanol–water partition coefficient (Wildman–Crippen LogP) is 3.24. The summed E-state index contributed by atoms with van der Waals surface area (Å²) in [6, 6.07) is 5.79. The monoisotopic (exact) mass is 318 g/mol. The molecule has 0 radical (unpaired) electrons. The molecule has 2 heterocycles. The number of hydrogen-bond donors (Lipinski definition) is 2. The van der Waals surface area contributed by atoms with Gasteiger partial charge in [-0.2, -0.15) is 10.1 Å². The molecule has 0 saturated heterocycles. The van der Waals surface area contributed by atoms with Crippen LogP contribution in [0.4, 0.5) is 21.7 Å². The first kappa shape index (κ1) is 14.3. The number of anilines is 3. The standard InChI is InChI=1S/C14H12ClFN6/c1-17-10-7-19-22(8-10)13-4-5-18-14(21-13)20-12-3-2-9(16)6-11(12)15/h2-8,17H,1H3,(H,18,20,21). The molecule has 0 aliphatic heterocycles. The summed E-state index contributed by atoms with van der Waals surface area (Å²) in [4.78, 5) is 8.47. The van der Waals surface area contributed by atoms with Crippen molar-refractivity contribution < 1.29 is 4.39 Å². The van der Waals surface area contributed by atoms with E-state index in [1.807, 2.05) is 7.05 Å². The van der Waals surface area contributed by atoms with Gasteiger partial charge in [-0.05, 0) is 18.2 Å². The lowest BCUT2D eigenvalue weighted by atomic mass is 10.3. The Balaban J connectivity index is 1.87. The van der Waals surface area contributed by atoms with E-state index in [9.17, 15) is 4.39 Å². The fourth-order valence-corrected chi connectivity index (χ4v) is 2.04. The van der Waals surface area contributed by atoms with Crippen molar-refractivity contribution in [3.05, 3.63) is 53.7 Å². The molecule has 6 nitrogen and oxygen atoms in total. The highest BCUT2D eigenvalue weighted by atomic mass is 35.5. The van der Waals surface area contributed by atoms with Crippen molar-refractivity contribution >= 4 is 28.9 Å². The maximum atomic E-state index is 13.0. The van der Waals surface area contributed by atoms with Gasteiger partial charge >= 0.3 is 0 Å². The average Bonchev–Trinajstić information content (AvgIpc) is 2.99. The largest absolute Gasteiger partial charge is 0.386 e. The van der Waals surface area contributed by atoms with Gasteiger partial charge < -0.3 is 10.6 Å². The molecule has 22 heavy (non-hydrogen) atoms. The lowest BCUT2D eigenvalue weighted by Crippen LogP contribution is -2.03. The van der Waals surface area contributed by atoms with E-state index in [0.717, 1.165) is 5.69 Å². The second kappa shape index (κ2) is 5.98. The molecule has 3 aromatic rings. The summed E-state index contributed by atoms with van der Waals surface area (Å²) in [6.45, 7) is 0. The normalized spacial score (nSPS) is 10.5. The Morgan fingerprint density at radius 3 is 2.86 bits per heavy atom. The highest BCUT2D eigenvalue weighted by molar-refractivity contribution is 6.33. The van der Waals surface area contributed by atoms with Crippen molar-refractivity contribution in [1.82, 2.24) is 19.7 Å². The molecule has 0 amide bonds. The van der Waals surface area contributed by atoms with Crippen LogP contribution in [0.1, 0.15) is 0 Å². The lowest BCUT2D eigenvalue weighted by molar-refractivity contribution is 0.628. The third kappa shape index (κ3) is 2.99. The summed E-state index contributed by atoms with van der Waals surface area (Å²) in [5.41, 5.74) is 1.39. The molecule has 0 spiro atoms. The molecule has 0 atom stereocenters. The van der Waals surface area contributed by atoms with Crippen LogP contribution in [0.25, 0.3) is 5.82 Å². The third-order valence-corrected chi connectivity index (χ3v) is 3.24. The Bertz CT molecular complexity index is 804. The van der Waals surface area contributed by atoms with E-state index in [1.165, 1.54) is 18.2 Å². The van der Waals surface area contributed by atoms with Crippen molar-refractivity contribution in [2.75, 3.05) is 17.7 Å². The van der Waals surface area contributed by atoms with Gasteiger partial charge in [0.2, 0.25) is 5.95 Å². The van der Waals surface area contributed by atoms with E-state index in [1.54, 1.807) is 29.3 Å². The summed E-state index contributed by atoms with van der Waals surface area (Å²) >= 11 is 5.97. The van der Waals surface area contributed by atoms with Crippen molar-refractivity contribution in [3.63, 3.8) is 0 Å². The summed E-state index contributed by atoms with van der Waals surface area (Å²) in [6.07, 6.45) is 5.09. The van der Waals surface area contributed by atoms with Crippen LogP contribution >= 0.6 is 11.6 Å². The van der Waals surface area contributed by atoms with Gasteiger partial charge in [0, 0.05) is 19.3 Å². The van der Waals surface area contributed by atoms with E-state index in [0.29, 0.717) is 17.5 Å². The average molecular weight is 319 g/mol. The van der Waals surface area contributed by atoms with E-state index in [-0.39, 0.29) is 5.02 Å². The predicted molar refractivity (Wildman–Crippen MR) is 83.4 cm³/mol. The van der Waals surface area contributed by atoms with Crippen molar-refractivity contribution in [1.29, 1.82) is 0 Å². The first-order chi connectivity index (χ1) is 10.7. The van der Waals surface area contributed by atoms with Crippen LogP contribution in [0.3, 0.4) is 0 Å². The quantitative estimate of drug-likeness (QED) is 0.773. The Hall–Kier alpha value is -2.67. The molecule has 0 bridgehead atoms. The molecule has 0 saturated carbocycles. The minimum absolute atomic E-state index is 0.255. The second-order valence-electron chi connectivity index (χ2n) is 4.41. The van der Waals surface area contributed by atoms with E-state index in [4.69, 9.17) is 11.6 Å². The van der Waals surface area contributed by atoms with Gasteiger partial charge in [-0.15, -0.1) is 0 Å². The van der Waals surface area contributed by atoms with Crippen molar-refractivity contribution in [3.8, 4) is 5.82 Å². The van der Waals surface area contributed by atoms with Crippen LogP contribution in [0, 0.1) is 5.82 Å². The summed E-state index contributed by atoms with van der Waals surface area (Å²) in [5.74, 6) is 0.533. The number of halogens is 2. The van der Waals surface area contributed by atoms with E-state index in [2.05, 4.69) is 25.7 Å². The van der Waals surface area contributed by atoms with Crippen LogP contribution in [-0.2, 0) is 0 Å². The van der Waals surface area contributed by atoms with Gasteiger partial charge in [-0.1, -0.05) is 11.6 Å². The molecule has 1 aromatic carbocycles. The number of rotatable bonds is 4. The second-order valence-corrected chi connectivity index (χ2v) is 4.82. The Labute approximate surface area is 131 Å². The number of aromatic nitrogens is 4. The molecule has 2 N–H and O–H groups in total. The molecule has 0 unspecified atom stereocenters. The van der Waals surface area contributed by atoms with Crippen LogP contribution in [0.2, 0.25) is 5.02 Å². The molecule has 112 valence electrons. The third-order valence-electron chi connectivity index (χ3n) is 2.92. The van der Waals surface area contributed by atoms with Gasteiger partial charge in [-0.3, -0.25) is 0 Å². The van der Waals surface area contributed by atoms with E-state index < -0.39 is 5.82 Å². The molecular weight excluding hydrogens is 307 g/mol.